The van der Waals surface area contributed by atoms with E-state index in [1.165, 1.54) is 13.0 Å². The second kappa shape index (κ2) is 7.99. The lowest BCUT2D eigenvalue weighted by molar-refractivity contribution is -0.148. The van der Waals surface area contributed by atoms with Crippen LogP contribution in [0, 0.1) is 17.8 Å². The predicted octanol–water partition coefficient (Wildman–Crippen LogP) is 2.02. The van der Waals surface area contributed by atoms with Gasteiger partial charge in [-0.1, -0.05) is 25.3 Å². The van der Waals surface area contributed by atoms with E-state index in [2.05, 4.69) is 19.7 Å². The maximum absolute atomic E-state index is 12.6. The summed E-state index contributed by atoms with van der Waals surface area (Å²) < 4.78 is 16.1. The van der Waals surface area contributed by atoms with Crippen LogP contribution in [-0.2, 0) is 28.6 Å². The Morgan fingerprint density at radius 1 is 1.24 bits per heavy atom. The zero-order chi connectivity index (χ0) is 21.5. The minimum absolute atomic E-state index is 0.0319. The van der Waals surface area contributed by atoms with Gasteiger partial charge < -0.3 is 19.3 Å². The maximum atomic E-state index is 12.6. The molecule has 7 heteroatoms. The van der Waals surface area contributed by atoms with E-state index >= 15 is 0 Å². The fourth-order valence-corrected chi connectivity index (χ4v) is 4.47. The maximum Gasteiger partial charge on any atom is 0.334 e. The molecule has 1 N–H and O–H groups in total. The summed E-state index contributed by atoms with van der Waals surface area (Å²) in [4.78, 5) is 35.7. The first-order valence-electron chi connectivity index (χ1n) is 9.57. The quantitative estimate of drug-likeness (QED) is 0.332. The summed E-state index contributed by atoms with van der Waals surface area (Å²) in [5.74, 6) is -2.47. The van der Waals surface area contributed by atoms with Gasteiger partial charge in [-0.2, -0.15) is 0 Å². The molecule has 1 heterocycles. The third-order valence-corrected chi connectivity index (χ3v) is 6.03. The third kappa shape index (κ3) is 3.92. The number of aliphatic hydroxyl groups is 1. The van der Waals surface area contributed by atoms with E-state index in [-0.39, 0.29) is 29.6 Å². The number of rotatable bonds is 4. The van der Waals surface area contributed by atoms with E-state index in [9.17, 15) is 19.5 Å². The monoisotopic (exact) mass is 402 g/mol. The van der Waals surface area contributed by atoms with Crippen LogP contribution < -0.4 is 0 Å². The van der Waals surface area contributed by atoms with Crippen LogP contribution in [0.3, 0.4) is 0 Å². The van der Waals surface area contributed by atoms with Gasteiger partial charge in [-0.25, -0.2) is 9.59 Å². The van der Waals surface area contributed by atoms with Gasteiger partial charge in [0.15, 0.2) is 0 Å². The van der Waals surface area contributed by atoms with Crippen molar-refractivity contribution >= 4 is 17.9 Å². The molecule has 3 rings (SSSR count). The van der Waals surface area contributed by atoms with E-state index in [0.717, 1.165) is 5.57 Å². The lowest BCUT2D eigenvalue weighted by atomic mass is 9.81. The highest BCUT2D eigenvalue weighted by atomic mass is 16.6. The molecule has 0 radical (unpaired) electrons. The number of fused-ring (bicyclic) bond motifs is 3. The van der Waals surface area contributed by atoms with Crippen molar-refractivity contribution in [1.29, 1.82) is 0 Å². The highest BCUT2D eigenvalue weighted by molar-refractivity contribution is 5.92. The summed E-state index contributed by atoms with van der Waals surface area (Å²) in [6.07, 6.45) is 0.294. The average molecular weight is 402 g/mol. The Kier molecular flexibility index (Phi) is 5.80. The molecule has 0 spiro atoms. The van der Waals surface area contributed by atoms with Gasteiger partial charge in [-0.15, -0.1) is 0 Å². The third-order valence-electron chi connectivity index (χ3n) is 6.03. The van der Waals surface area contributed by atoms with Gasteiger partial charge in [-0.05, 0) is 30.9 Å². The SMILES string of the molecule is C=C1C(=O)O[C@@H]2[C@H]3C(=C)[C@@H](O)C[C@H]3C(=C)C[C@H](OC(=O)C(C)=CCOC(C)=O)[C@@H]12. The molecule has 2 aliphatic carbocycles. The molecule has 0 aromatic carbocycles. The van der Waals surface area contributed by atoms with Gasteiger partial charge in [0.05, 0.1) is 12.0 Å². The summed E-state index contributed by atoms with van der Waals surface area (Å²) in [6.45, 7) is 14.8. The zero-order valence-corrected chi connectivity index (χ0v) is 16.7. The van der Waals surface area contributed by atoms with Crippen LogP contribution in [0.5, 0.6) is 0 Å². The van der Waals surface area contributed by atoms with Crippen molar-refractivity contribution in [2.75, 3.05) is 6.61 Å². The van der Waals surface area contributed by atoms with Crippen molar-refractivity contribution in [2.24, 2.45) is 17.8 Å². The smallest absolute Gasteiger partial charge is 0.334 e. The molecule has 156 valence electrons. The second-order valence-electron chi connectivity index (χ2n) is 7.88. The molecule has 0 aromatic heterocycles. The molecular formula is C22H26O7. The average Bonchev–Trinajstić information content (AvgIpc) is 3.06. The van der Waals surface area contributed by atoms with Crippen LogP contribution in [0.2, 0.25) is 0 Å². The van der Waals surface area contributed by atoms with Crippen molar-refractivity contribution in [2.45, 2.75) is 45.0 Å². The largest absolute Gasteiger partial charge is 0.462 e. The number of carbonyl (C=O) groups excluding carboxylic acids is 3. The fourth-order valence-electron chi connectivity index (χ4n) is 4.47. The molecule has 0 aromatic rings. The number of ether oxygens (including phenoxy) is 3. The molecule has 1 saturated heterocycles. The Morgan fingerprint density at radius 3 is 2.59 bits per heavy atom. The molecule has 0 unspecified atom stereocenters. The molecule has 1 aliphatic heterocycles. The normalized spacial score (nSPS) is 34.2. The van der Waals surface area contributed by atoms with Crippen LogP contribution in [-0.4, -0.2) is 47.9 Å². The second-order valence-corrected chi connectivity index (χ2v) is 7.88. The van der Waals surface area contributed by atoms with Crippen molar-refractivity contribution in [1.82, 2.24) is 0 Å². The van der Waals surface area contributed by atoms with Crippen LogP contribution in [0.1, 0.15) is 26.7 Å². The number of aliphatic hydroxyl groups excluding tert-OH is 1. The lowest BCUT2D eigenvalue weighted by Gasteiger charge is -2.28. The summed E-state index contributed by atoms with van der Waals surface area (Å²) in [5.41, 5.74) is 1.97. The molecule has 0 bridgehead atoms. The van der Waals surface area contributed by atoms with Gasteiger partial charge in [0.1, 0.15) is 18.8 Å². The Labute approximate surface area is 169 Å². The fraction of sp³-hybridized carbons (Fsp3) is 0.500. The molecule has 6 atom stereocenters. The Morgan fingerprint density at radius 2 is 1.93 bits per heavy atom. The first kappa shape index (κ1) is 21.0. The van der Waals surface area contributed by atoms with Gasteiger partial charge >= 0.3 is 17.9 Å². The van der Waals surface area contributed by atoms with E-state index in [1.54, 1.807) is 6.92 Å². The molecule has 3 fully saturated rings. The summed E-state index contributed by atoms with van der Waals surface area (Å²) in [5, 5.41) is 10.3. The Bertz CT molecular complexity index is 821. The van der Waals surface area contributed by atoms with Crippen molar-refractivity contribution < 1.29 is 33.7 Å². The lowest BCUT2D eigenvalue weighted by Crippen LogP contribution is -2.36. The molecule has 0 amide bonds. The standard InChI is InChI=1S/C22H26O7/c1-10(6-7-27-14(5)23)21(25)28-17-8-11(2)15-9-16(24)12(3)18(15)20-19(17)13(4)22(26)29-20/h6,15-20,24H,2-4,7-9H2,1,5H3/t15-,16-,17-,18-,19+,20+/m0/s1. The minimum atomic E-state index is -0.680. The number of carbonyl (C=O) groups is 3. The zero-order valence-electron chi connectivity index (χ0n) is 16.7. The molecule has 7 nitrogen and oxygen atoms in total. The molecule has 29 heavy (non-hydrogen) atoms. The van der Waals surface area contributed by atoms with Gasteiger partial charge in [0.25, 0.3) is 0 Å². The Balaban J connectivity index is 1.84. The van der Waals surface area contributed by atoms with Crippen molar-refractivity contribution in [3.63, 3.8) is 0 Å². The van der Waals surface area contributed by atoms with Crippen LogP contribution >= 0.6 is 0 Å². The molecule has 3 aliphatic rings. The highest BCUT2D eigenvalue weighted by Gasteiger charge is 2.56. The van der Waals surface area contributed by atoms with Crippen molar-refractivity contribution in [3.8, 4) is 0 Å². The van der Waals surface area contributed by atoms with Crippen molar-refractivity contribution in [3.05, 3.63) is 48.1 Å². The number of esters is 3. The Hall–Kier alpha value is -2.67. The summed E-state index contributed by atoms with van der Waals surface area (Å²) in [7, 11) is 0. The summed E-state index contributed by atoms with van der Waals surface area (Å²) in [6, 6.07) is 0. The van der Waals surface area contributed by atoms with Crippen LogP contribution in [0.25, 0.3) is 0 Å². The highest BCUT2D eigenvalue weighted by Crippen LogP contribution is 2.52. The van der Waals surface area contributed by atoms with Crippen LogP contribution in [0.15, 0.2) is 48.1 Å². The van der Waals surface area contributed by atoms with Crippen LogP contribution in [0.4, 0.5) is 0 Å². The topological polar surface area (TPSA) is 99.1 Å². The summed E-state index contributed by atoms with van der Waals surface area (Å²) >= 11 is 0. The van der Waals surface area contributed by atoms with E-state index in [1.807, 2.05) is 0 Å². The van der Waals surface area contributed by atoms with Gasteiger partial charge in [0, 0.05) is 30.4 Å². The molecular weight excluding hydrogens is 376 g/mol. The van der Waals surface area contributed by atoms with Gasteiger partial charge in [0.2, 0.25) is 0 Å². The van der Waals surface area contributed by atoms with Gasteiger partial charge in [-0.3, -0.25) is 4.79 Å². The predicted molar refractivity (Wildman–Crippen MR) is 103 cm³/mol. The van der Waals surface area contributed by atoms with E-state index in [4.69, 9.17) is 14.2 Å². The first-order valence-corrected chi connectivity index (χ1v) is 9.57. The number of hydrogen-bond donors (Lipinski definition) is 1. The van der Waals surface area contributed by atoms with E-state index < -0.39 is 42.1 Å². The van der Waals surface area contributed by atoms with E-state index in [0.29, 0.717) is 18.4 Å². The minimum Gasteiger partial charge on any atom is -0.462 e. The first-order chi connectivity index (χ1) is 13.6. The number of hydrogen-bond acceptors (Lipinski definition) is 7. The molecule has 2 saturated carbocycles.